The van der Waals surface area contributed by atoms with Crippen LogP contribution in [0.2, 0.25) is 0 Å². The lowest BCUT2D eigenvalue weighted by Gasteiger charge is -2.49. The summed E-state index contributed by atoms with van der Waals surface area (Å²) >= 11 is 0. The standard InChI is InChI=1S/C72H131O24P/c1-4-7-10-13-16-19-22-25-27-30-33-36-39-42-45-48-58(76)91-53(50-88-56(74)46-43-40-37-34-31-28-24-21-18-15-12-9-6-3)51-90-97(86,87)96-70-68(94-71-66(84)61(79)59(77)54(49-73)92-71)64(82)63(81)65(83)69(70)95-72-67(85)62(80)60(78)55(93-72)52-89-57(75)47-44-41-38-35-32-29-26-23-20-17-14-11-8-5-2/h19,22,29,32,53-55,59-73,77-85H,4-18,20-21,23-28,30-31,33-52H2,1-3H3,(H,86,87)/b22-19-,32-29-. The zero-order chi connectivity index (χ0) is 71.1. The van der Waals surface area contributed by atoms with Crippen LogP contribution in [0.25, 0.3) is 0 Å². The topological polar surface area (TPSA) is 374 Å². The largest absolute Gasteiger partial charge is 0.472 e. The van der Waals surface area contributed by atoms with Gasteiger partial charge in [0.15, 0.2) is 18.7 Å². The predicted octanol–water partition coefficient (Wildman–Crippen LogP) is 10.1. The number of carbonyl (C=O) groups is 3. The predicted molar refractivity (Wildman–Crippen MR) is 365 cm³/mol. The molecule has 3 rings (SSSR count). The molecule has 0 aromatic carbocycles. The summed E-state index contributed by atoms with van der Waals surface area (Å²) in [5.74, 6) is -2.01. The maximum atomic E-state index is 14.3. The molecule has 1 aliphatic carbocycles. The quantitative estimate of drug-likeness (QED) is 0.00886. The van der Waals surface area contributed by atoms with Gasteiger partial charge in [-0.3, -0.25) is 23.4 Å². The van der Waals surface area contributed by atoms with Gasteiger partial charge in [-0.2, -0.15) is 0 Å². The highest BCUT2D eigenvalue weighted by Crippen LogP contribution is 2.49. The Hall–Kier alpha value is -2.56. The number of aliphatic hydroxyl groups is 10. The molecule has 0 amide bonds. The first-order valence-corrected chi connectivity index (χ1v) is 39.1. The zero-order valence-electron chi connectivity index (χ0n) is 59.1. The van der Waals surface area contributed by atoms with Gasteiger partial charge in [0, 0.05) is 19.3 Å². The van der Waals surface area contributed by atoms with E-state index in [1.165, 1.54) is 109 Å². The summed E-state index contributed by atoms with van der Waals surface area (Å²) in [6.07, 6.45) is 13.9. The highest BCUT2D eigenvalue weighted by atomic mass is 31.2. The molecule has 18 unspecified atom stereocenters. The molecule has 0 bridgehead atoms. The summed E-state index contributed by atoms with van der Waals surface area (Å²) in [4.78, 5) is 51.0. The van der Waals surface area contributed by atoms with Gasteiger partial charge in [0.25, 0.3) is 0 Å². The van der Waals surface area contributed by atoms with Gasteiger partial charge in [0.2, 0.25) is 0 Å². The van der Waals surface area contributed by atoms with Crippen molar-refractivity contribution in [1.82, 2.24) is 0 Å². The van der Waals surface area contributed by atoms with E-state index in [1.807, 2.05) is 0 Å². The number of hydrogen-bond donors (Lipinski definition) is 11. The van der Waals surface area contributed by atoms with E-state index in [9.17, 15) is 74.9 Å². The van der Waals surface area contributed by atoms with Gasteiger partial charge in [-0.25, -0.2) is 4.57 Å². The maximum absolute atomic E-state index is 14.3. The van der Waals surface area contributed by atoms with Crippen LogP contribution >= 0.6 is 7.82 Å². The first kappa shape index (κ1) is 88.7. The first-order chi connectivity index (χ1) is 46.8. The molecular weight excluding hydrogens is 1280 g/mol. The number of allylic oxidation sites excluding steroid dienone is 4. The minimum absolute atomic E-state index is 0.00832. The molecular formula is C72H131O24P. The van der Waals surface area contributed by atoms with Gasteiger partial charge < -0.3 is 89.1 Å². The zero-order valence-corrected chi connectivity index (χ0v) is 60.0. The Balaban J connectivity index is 1.74. The molecule has 0 aromatic rings. The molecule has 0 spiro atoms. The third kappa shape index (κ3) is 37.4. The Labute approximate surface area is 579 Å². The number of hydrogen-bond acceptors (Lipinski definition) is 23. The Morgan fingerprint density at radius 2 is 0.722 bits per heavy atom. The van der Waals surface area contributed by atoms with Gasteiger partial charge in [-0.15, -0.1) is 0 Å². The number of esters is 3. The van der Waals surface area contributed by atoms with Crippen LogP contribution < -0.4 is 0 Å². The van der Waals surface area contributed by atoms with E-state index in [1.54, 1.807) is 0 Å². The summed E-state index contributed by atoms with van der Waals surface area (Å²) in [7, 11) is -5.70. The van der Waals surface area contributed by atoms with Crippen molar-refractivity contribution in [3.8, 4) is 0 Å². The number of aliphatic hydroxyl groups excluding tert-OH is 10. The molecule has 0 aromatic heterocycles. The molecule has 25 heteroatoms. The molecule has 18 atom stereocenters. The summed E-state index contributed by atoms with van der Waals surface area (Å²) < 4.78 is 65.0. The minimum atomic E-state index is -5.70. The van der Waals surface area contributed by atoms with E-state index in [0.29, 0.717) is 19.3 Å². The molecule has 0 radical (unpaired) electrons. The van der Waals surface area contributed by atoms with Crippen LogP contribution in [0.5, 0.6) is 0 Å². The maximum Gasteiger partial charge on any atom is 0.472 e. The lowest BCUT2D eigenvalue weighted by atomic mass is 9.84. The van der Waals surface area contributed by atoms with Crippen LogP contribution in [0.3, 0.4) is 0 Å². The fourth-order valence-electron chi connectivity index (χ4n) is 12.3. The third-order valence-corrected chi connectivity index (χ3v) is 19.4. The van der Waals surface area contributed by atoms with Crippen LogP contribution in [-0.2, 0) is 61.2 Å². The van der Waals surface area contributed by atoms with Crippen molar-refractivity contribution in [2.45, 2.75) is 388 Å². The highest BCUT2D eigenvalue weighted by molar-refractivity contribution is 7.47. The summed E-state index contributed by atoms with van der Waals surface area (Å²) in [5, 5.41) is 110. The highest BCUT2D eigenvalue weighted by Gasteiger charge is 2.58. The van der Waals surface area contributed by atoms with Crippen molar-refractivity contribution in [2.75, 3.05) is 26.4 Å². The summed E-state index contributed by atoms with van der Waals surface area (Å²) in [6, 6.07) is 0. The number of unbranched alkanes of at least 4 members (excludes halogenated alkanes) is 33. The SMILES string of the molecule is CCCCCC/C=C\CCCCCCCCCC(=O)OC(COC(=O)CCCCCCCCCCCCCCC)COP(=O)(O)OC1C(OC2OC(CO)C(O)C(O)C2O)C(O)C(O)C(O)C1OC1OC(COC(=O)CCCCC/C=C\CCCCCCCCC)C(O)C(O)C1O. The number of ether oxygens (including phenoxy) is 7. The van der Waals surface area contributed by atoms with Crippen LogP contribution in [0.1, 0.15) is 284 Å². The number of carbonyl (C=O) groups excluding carboxylic acids is 3. The van der Waals surface area contributed by atoms with E-state index in [2.05, 4.69) is 45.1 Å². The molecule has 568 valence electrons. The average Bonchev–Trinajstić information content (AvgIpc) is 0.764. The molecule has 97 heavy (non-hydrogen) atoms. The molecule has 3 aliphatic rings. The van der Waals surface area contributed by atoms with Crippen LogP contribution in [-0.4, -0.2) is 204 Å². The Morgan fingerprint density at radius 3 is 1.13 bits per heavy atom. The molecule has 2 heterocycles. The van der Waals surface area contributed by atoms with E-state index < -0.39 is 156 Å². The summed E-state index contributed by atoms with van der Waals surface area (Å²) in [6.45, 7) is 3.41. The molecule has 2 aliphatic heterocycles. The number of rotatable bonds is 58. The second kappa shape index (κ2) is 54.1. The van der Waals surface area contributed by atoms with Gasteiger partial charge in [-0.1, -0.05) is 218 Å². The van der Waals surface area contributed by atoms with Crippen molar-refractivity contribution in [2.24, 2.45) is 0 Å². The molecule has 3 fully saturated rings. The lowest BCUT2D eigenvalue weighted by Crippen LogP contribution is -2.69. The molecule has 2 saturated heterocycles. The smallest absolute Gasteiger partial charge is 0.463 e. The van der Waals surface area contributed by atoms with E-state index in [0.717, 1.165) is 116 Å². The number of phosphoric acid groups is 1. The third-order valence-electron chi connectivity index (χ3n) is 18.5. The second-order valence-corrected chi connectivity index (χ2v) is 28.4. The van der Waals surface area contributed by atoms with Crippen molar-refractivity contribution in [3.05, 3.63) is 24.3 Å². The van der Waals surface area contributed by atoms with E-state index in [4.69, 9.17) is 42.2 Å². The van der Waals surface area contributed by atoms with Gasteiger partial charge >= 0.3 is 25.7 Å². The average molecular weight is 1410 g/mol. The lowest BCUT2D eigenvalue weighted by molar-refractivity contribution is -0.360. The molecule has 1 saturated carbocycles. The van der Waals surface area contributed by atoms with Crippen LogP contribution in [0, 0.1) is 0 Å². The van der Waals surface area contributed by atoms with E-state index in [-0.39, 0.29) is 19.3 Å². The number of phosphoric ester groups is 1. The normalized spacial score (nSPS) is 27.9. The summed E-state index contributed by atoms with van der Waals surface area (Å²) in [5.41, 5.74) is 0. The van der Waals surface area contributed by atoms with Crippen molar-refractivity contribution < 1.29 is 117 Å². The Bertz CT molecular complexity index is 2110. The van der Waals surface area contributed by atoms with E-state index >= 15 is 0 Å². The molecule has 11 N–H and O–H groups in total. The van der Waals surface area contributed by atoms with Crippen molar-refractivity contribution in [3.63, 3.8) is 0 Å². The minimum Gasteiger partial charge on any atom is -0.463 e. The van der Waals surface area contributed by atoms with Gasteiger partial charge in [0.1, 0.15) is 98.7 Å². The monoisotopic (exact) mass is 1410 g/mol. The van der Waals surface area contributed by atoms with Crippen molar-refractivity contribution >= 4 is 25.7 Å². The second-order valence-electron chi connectivity index (χ2n) is 27.0. The van der Waals surface area contributed by atoms with Crippen molar-refractivity contribution in [1.29, 1.82) is 0 Å². The Kier molecular flexibility index (Phi) is 49.5. The fraction of sp³-hybridized carbons (Fsp3) is 0.903. The van der Waals surface area contributed by atoms with Crippen LogP contribution in [0.15, 0.2) is 24.3 Å². The Morgan fingerprint density at radius 1 is 0.392 bits per heavy atom. The first-order valence-electron chi connectivity index (χ1n) is 37.6. The molecule has 24 nitrogen and oxygen atoms in total. The van der Waals surface area contributed by atoms with Gasteiger partial charge in [0.05, 0.1) is 13.2 Å². The fourth-order valence-corrected chi connectivity index (χ4v) is 13.2. The van der Waals surface area contributed by atoms with Gasteiger partial charge in [-0.05, 0) is 70.6 Å². The van der Waals surface area contributed by atoms with Crippen LogP contribution in [0.4, 0.5) is 0 Å².